The number of nitrogens with two attached hydrogens (primary N) is 1. The van der Waals surface area contributed by atoms with Crippen LogP contribution in [0.5, 0.6) is 0 Å². The summed E-state index contributed by atoms with van der Waals surface area (Å²) in [6, 6.07) is 0. The Morgan fingerprint density at radius 3 is 2.50 bits per heavy atom. The third-order valence-electron chi connectivity index (χ3n) is 2.65. The molecule has 7 heteroatoms. The van der Waals surface area contributed by atoms with Crippen LogP contribution in [0.1, 0.15) is 33.6 Å². The van der Waals surface area contributed by atoms with Crippen LogP contribution in [0.4, 0.5) is 5.82 Å². The van der Waals surface area contributed by atoms with Gasteiger partial charge in [-0.15, -0.1) is 0 Å². The maximum atomic E-state index is 12.4. The molecule has 0 atom stereocenters. The molecular weight excluding hydrogens is 252 g/mol. The van der Waals surface area contributed by atoms with E-state index < -0.39 is 10.0 Å². The molecule has 0 unspecified atom stereocenters. The van der Waals surface area contributed by atoms with Crippen LogP contribution < -0.4 is 5.73 Å². The van der Waals surface area contributed by atoms with Gasteiger partial charge in [0.25, 0.3) is 0 Å². The van der Waals surface area contributed by atoms with Gasteiger partial charge in [-0.3, -0.25) is 4.68 Å². The minimum Gasteiger partial charge on any atom is -0.381 e. The quantitative estimate of drug-likeness (QED) is 0.812. The van der Waals surface area contributed by atoms with Crippen molar-refractivity contribution < 1.29 is 8.42 Å². The van der Waals surface area contributed by atoms with Gasteiger partial charge >= 0.3 is 0 Å². The Labute approximate surface area is 109 Å². The molecule has 0 aliphatic carbocycles. The number of aryl methyl sites for hydroxylation is 1. The Morgan fingerprint density at radius 1 is 1.33 bits per heavy atom. The van der Waals surface area contributed by atoms with Gasteiger partial charge in [0.1, 0.15) is 4.90 Å². The normalized spacial score (nSPS) is 12.2. The van der Waals surface area contributed by atoms with Crippen LogP contribution >= 0.6 is 0 Å². The summed E-state index contributed by atoms with van der Waals surface area (Å²) >= 11 is 0. The lowest BCUT2D eigenvalue weighted by Crippen LogP contribution is -2.31. The number of aromatic nitrogens is 2. The van der Waals surface area contributed by atoms with E-state index in [9.17, 15) is 8.42 Å². The van der Waals surface area contributed by atoms with Gasteiger partial charge in [0, 0.05) is 25.8 Å². The standard InChI is InChI=1S/C11H22N4O2S/c1-4-7-14-9-10(11(12)13-14)18(16,17)15(6-3)8-5-2/h9H,4-8H2,1-3H3,(H2,12,13). The van der Waals surface area contributed by atoms with Crippen molar-refractivity contribution in [3.8, 4) is 0 Å². The molecule has 18 heavy (non-hydrogen) atoms. The van der Waals surface area contributed by atoms with Crippen LogP contribution in [0.3, 0.4) is 0 Å². The molecule has 0 aliphatic rings. The first kappa shape index (κ1) is 15.0. The van der Waals surface area contributed by atoms with E-state index >= 15 is 0 Å². The average molecular weight is 274 g/mol. The molecule has 104 valence electrons. The number of nitrogen functional groups attached to an aromatic ring is 1. The highest BCUT2D eigenvalue weighted by molar-refractivity contribution is 7.89. The summed E-state index contributed by atoms with van der Waals surface area (Å²) in [4.78, 5) is 0.117. The van der Waals surface area contributed by atoms with E-state index in [1.165, 1.54) is 10.5 Å². The summed E-state index contributed by atoms with van der Waals surface area (Å²) in [7, 11) is -3.52. The molecule has 0 aromatic carbocycles. The zero-order chi connectivity index (χ0) is 13.8. The van der Waals surface area contributed by atoms with E-state index in [0.717, 1.165) is 12.8 Å². The second-order valence-electron chi connectivity index (χ2n) is 4.14. The van der Waals surface area contributed by atoms with Gasteiger partial charge in [-0.25, -0.2) is 8.42 Å². The van der Waals surface area contributed by atoms with Crippen molar-refractivity contribution in [2.45, 2.75) is 45.1 Å². The van der Waals surface area contributed by atoms with Crippen LogP contribution in [0.2, 0.25) is 0 Å². The number of hydrogen-bond acceptors (Lipinski definition) is 4. The van der Waals surface area contributed by atoms with Crippen molar-refractivity contribution in [1.82, 2.24) is 14.1 Å². The van der Waals surface area contributed by atoms with Crippen LogP contribution in [-0.2, 0) is 16.6 Å². The Balaban J connectivity index is 3.10. The highest BCUT2D eigenvalue weighted by atomic mass is 32.2. The summed E-state index contributed by atoms with van der Waals surface area (Å²) in [6.45, 7) is 7.37. The highest BCUT2D eigenvalue weighted by Gasteiger charge is 2.27. The average Bonchev–Trinajstić information content (AvgIpc) is 2.68. The fourth-order valence-electron chi connectivity index (χ4n) is 1.80. The molecule has 0 spiro atoms. The Hall–Kier alpha value is -1.08. The number of hydrogen-bond donors (Lipinski definition) is 1. The van der Waals surface area contributed by atoms with Crippen LogP contribution in [0, 0.1) is 0 Å². The van der Waals surface area contributed by atoms with E-state index in [1.54, 1.807) is 4.68 Å². The topological polar surface area (TPSA) is 81.2 Å². The number of anilines is 1. The first-order valence-corrected chi connectivity index (χ1v) is 7.74. The number of rotatable bonds is 7. The molecule has 1 aromatic rings. The fourth-order valence-corrected chi connectivity index (χ4v) is 3.40. The summed E-state index contributed by atoms with van der Waals surface area (Å²) < 4.78 is 27.8. The first-order valence-electron chi connectivity index (χ1n) is 6.30. The van der Waals surface area contributed by atoms with Crippen molar-refractivity contribution >= 4 is 15.8 Å². The molecule has 0 radical (unpaired) electrons. The largest absolute Gasteiger partial charge is 0.381 e. The van der Waals surface area contributed by atoms with Gasteiger partial charge in [-0.1, -0.05) is 20.8 Å². The summed E-state index contributed by atoms with van der Waals surface area (Å²) in [5.74, 6) is 0.0815. The number of sulfonamides is 1. The molecule has 0 fully saturated rings. The molecule has 2 N–H and O–H groups in total. The third kappa shape index (κ3) is 3.02. The van der Waals surface area contributed by atoms with Gasteiger partial charge in [-0.05, 0) is 12.8 Å². The minimum absolute atomic E-state index is 0.0815. The smallest absolute Gasteiger partial charge is 0.248 e. The lowest BCUT2D eigenvalue weighted by molar-refractivity contribution is 0.427. The van der Waals surface area contributed by atoms with Crippen molar-refractivity contribution in [2.24, 2.45) is 0 Å². The van der Waals surface area contributed by atoms with Crippen molar-refractivity contribution in [3.05, 3.63) is 6.20 Å². The Bertz CT molecular complexity index is 481. The van der Waals surface area contributed by atoms with Gasteiger partial charge in [0.05, 0.1) is 0 Å². The molecule has 0 saturated heterocycles. The van der Waals surface area contributed by atoms with E-state index in [0.29, 0.717) is 19.6 Å². The van der Waals surface area contributed by atoms with Gasteiger partial charge < -0.3 is 5.73 Å². The third-order valence-corrected chi connectivity index (χ3v) is 4.64. The highest BCUT2D eigenvalue weighted by Crippen LogP contribution is 2.21. The van der Waals surface area contributed by atoms with Crippen LogP contribution in [0.25, 0.3) is 0 Å². The van der Waals surface area contributed by atoms with E-state index in [1.807, 2.05) is 20.8 Å². The molecule has 0 amide bonds. The van der Waals surface area contributed by atoms with Crippen LogP contribution in [-0.4, -0.2) is 35.6 Å². The first-order chi connectivity index (χ1) is 8.47. The summed E-state index contributed by atoms with van der Waals surface area (Å²) in [5.41, 5.74) is 5.71. The zero-order valence-electron chi connectivity index (χ0n) is 11.3. The molecule has 0 bridgehead atoms. The predicted molar refractivity (Wildman–Crippen MR) is 71.7 cm³/mol. The maximum Gasteiger partial charge on any atom is 0.248 e. The SMILES string of the molecule is CCCN(CC)S(=O)(=O)c1cn(CCC)nc1N. The Morgan fingerprint density at radius 2 is 2.00 bits per heavy atom. The van der Waals surface area contributed by atoms with E-state index in [4.69, 9.17) is 5.73 Å². The molecule has 1 heterocycles. The monoisotopic (exact) mass is 274 g/mol. The fraction of sp³-hybridized carbons (Fsp3) is 0.727. The van der Waals surface area contributed by atoms with Crippen molar-refractivity contribution in [2.75, 3.05) is 18.8 Å². The zero-order valence-corrected chi connectivity index (χ0v) is 12.1. The predicted octanol–water partition coefficient (Wildman–Crippen LogP) is 1.30. The second-order valence-corrected chi connectivity index (χ2v) is 6.04. The molecule has 6 nitrogen and oxygen atoms in total. The van der Waals surface area contributed by atoms with Gasteiger partial charge in [0.15, 0.2) is 5.82 Å². The molecule has 1 rings (SSSR count). The maximum absolute atomic E-state index is 12.4. The van der Waals surface area contributed by atoms with E-state index in [-0.39, 0.29) is 10.7 Å². The Kier molecular flexibility index (Phi) is 5.15. The lowest BCUT2D eigenvalue weighted by Gasteiger charge is -2.18. The van der Waals surface area contributed by atoms with Gasteiger partial charge in [0.2, 0.25) is 10.0 Å². The minimum atomic E-state index is -3.52. The molecule has 0 saturated carbocycles. The summed E-state index contributed by atoms with van der Waals surface area (Å²) in [5, 5.41) is 4.03. The number of nitrogens with zero attached hydrogens (tertiary/aromatic N) is 3. The lowest BCUT2D eigenvalue weighted by atomic mass is 10.5. The second kappa shape index (κ2) is 6.19. The molecular formula is C11H22N4O2S. The molecule has 0 aliphatic heterocycles. The van der Waals surface area contributed by atoms with Gasteiger partial charge in [-0.2, -0.15) is 9.40 Å². The summed E-state index contributed by atoms with van der Waals surface area (Å²) in [6.07, 6.45) is 3.18. The van der Waals surface area contributed by atoms with Crippen molar-refractivity contribution in [1.29, 1.82) is 0 Å². The van der Waals surface area contributed by atoms with Crippen LogP contribution in [0.15, 0.2) is 11.1 Å². The molecule has 1 aromatic heterocycles. The van der Waals surface area contributed by atoms with E-state index in [2.05, 4.69) is 5.10 Å². The van der Waals surface area contributed by atoms with Crippen molar-refractivity contribution in [3.63, 3.8) is 0 Å².